The number of nitrogens with zero attached hydrogens (tertiary/aromatic N) is 1. The van der Waals surface area contributed by atoms with E-state index in [1.807, 2.05) is 30.3 Å². The molecule has 0 radical (unpaired) electrons. The number of carbonyl (C=O) groups excluding carboxylic acids is 1. The number of esters is 1. The molecule has 2 aromatic carbocycles. The van der Waals surface area contributed by atoms with E-state index in [1.165, 1.54) is 11.8 Å². The molecule has 0 bridgehead atoms. The average Bonchev–Trinajstić information content (AvgIpc) is 2.55. The average molecular weight is 332 g/mol. The zero-order chi connectivity index (χ0) is 15.8. The minimum Gasteiger partial charge on any atom is -0.461 e. The molecule has 0 spiro atoms. The highest BCUT2D eigenvalue weighted by Crippen LogP contribution is 2.26. The van der Waals surface area contributed by atoms with Crippen molar-refractivity contribution in [1.29, 1.82) is 5.26 Å². The van der Waals surface area contributed by atoms with Crippen LogP contribution in [0.3, 0.4) is 0 Å². The van der Waals surface area contributed by atoms with Gasteiger partial charge >= 0.3 is 5.97 Å². The van der Waals surface area contributed by atoms with Crippen molar-refractivity contribution in [2.75, 3.05) is 5.75 Å². The Bertz CT molecular complexity index is 697. The third-order valence-corrected chi connectivity index (χ3v) is 4.37. The number of carbonyl (C=O) groups is 1. The number of benzene rings is 2. The molecule has 2 rings (SSSR count). The standard InChI is InChI=1S/C17H14ClNO2S/c18-15-6-1-2-7-16(15)22-9-8-17(20)21-12-14-5-3-4-13(10-14)11-19/h1-7,10H,8-9,12H2. The Morgan fingerprint density at radius 2 is 2.05 bits per heavy atom. The third kappa shape index (κ3) is 5.10. The zero-order valence-electron chi connectivity index (χ0n) is 11.8. The summed E-state index contributed by atoms with van der Waals surface area (Å²) in [6.07, 6.45) is 0.313. The number of thioether (sulfide) groups is 1. The third-order valence-electron chi connectivity index (χ3n) is 2.86. The quantitative estimate of drug-likeness (QED) is 0.580. The lowest BCUT2D eigenvalue weighted by molar-refractivity contribution is -0.144. The van der Waals surface area contributed by atoms with E-state index >= 15 is 0 Å². The van der Waals surface area contributed by atoms with Crippen molar-refractivity contribution in [3.05, 3.63) is 64.7 Å². The number of ether oxygens (including phenoxy) is 1. The molecule has 0 amide bonds. The maximum absolute atomic E-state index is 11.7. The van der Waals surface area contributed by atoms with Gasteiger partial charge in [-0.1, -0.05) is 35.9 Å². The highest BCUT2D eigenvalue weighted by Gasteiger charge is 2.06. The van der Waals surface area contributed by atoms with Gasteiger partial charge in [-0.15, -0.1) is 11.8 Å². The summed E-state index contributed by atoms with van der Waals surface area (Å²) in [4.78, 5) is 12.7. The fourth-order valence-electron chi connectivity index (χ4n) is 1.77. The Labute approximate surface area is 138 Å². The van der Waals surface area contributed by atoms with Crippen LogP contribution >= 0.6 is 23.4 Å². The first kappa shape index (κ1) is 16.4. The van der Waals surface area contributed by atoms with Crippen molar-refractivity contribution in [2.45, 2.75) is 17.9 Å². The Hall–Kier alpha value is -1.96. The normalized spacial score (nSPS) is 10.0. The van der Waals surface area contributed by atoms with E-state index in [9.17, 15) is 4.79 Å². The van der Waals surface area contributed by atoms with Gasteiger partial charge in [-0.3, -0.25) is 4.79 Å². The molecule has 0 unspecified atom stereocenters. The molecule has 0 saturated carbocycles. The van der Waals surface area contributed by atoms with Crippen molar-refractivity contribution in [3.63, 3.8) is 0 Å². The number of nitriles is 1. The molecular formula is C17H14ClNO2S. The van der Waals surface area contributed by atoms with Gasteiger partial charge in [0.25, 0.3) is 0 Å². The molecule has 0 N–H and O–H groups in total. The summed E-state index contributed by atoms with van der Waals surface area (Å²) in [5.74, 6) is 0.350. The predicted octanol–water partition coefficient (Wildman–Crippen LogP) is 4.44. The Morgan fingerprint density at radius 1 is 1.23 bits per heavy atom. The molecule has 0 atom stereocenters. The second-order valence-electron chi connectivity index (χ2n) is 4.50. The first-order chi connectivity index (χ1) is 10.7. The van der Waals surface area contributed by atoms with Crippen LogP contribution in [0.1, 0.15) is 17.5 Å². The summed E-state index contributed by atoms with van der Waals surface area (Å²) in [6.45, 7) is 0.186. The maximum Gasteiger partial charge on any atom is 0.306 e. The van der Waals surface area contributed by atoms with Crippen molar-refractivity contribution in [1.82, 2.24) is 0 Å². The van der Waals surface area contributed by atoms with Crippen molar-refractivity contribution in [3.8, 4) is 6.07 Å². The molecule has 5 heteroatoms. The first-order valence-electron chi connectivity index (χ1n) is 6.71. The molecule has 0 heterocycles. The summed E-state index contributed by atoms with van der Waals surface area (Å²) in [5, 5.41) is 9.50. The van der Waals surface area contributed by atoms with Gasteiger partial charge < -0.3 is 4.74 Å². The van der Waals surface area contributed by atoms with Gasteiger partial charge in [0.05, 0.1) is 23.1 Å². The molecule has 22 heavy (non-hydrogen) atoms. The summed E-state index contributed by atoms with van der Waals surface area (Å²) >= 11 is 7.57. The molecular weight excluding hydrogens is 318 g/mol. The number of hydrogen-bond donors (Lipinski definition) is 0. The molecule has 112 valence electrons. The molecule has 0 aliphatic heterocycles. The number of rotatable bonds is 6. The largest absolute Gasteiger partial charge is 0.461 e. The van der Waals surface area contributed by atoms with Gasteiger partial charge in [-0.2, -0.15) is 5.26 Å². The van der Waals surface area contributed by atoms with E-state index in [1.54, 1.807) is 18.2 Å². The lowest BCUT2D eigenvalue weighted by Gasteiger charge is -2.06. The van der Waals surface area contributed by atoms with Crippen LogP contribution in [0.2, 0.25) is 5.02 Å². The fraction of sp³-hybridized carbons (Fsp3) is 0.176. The fourth-order valence-corrected chi connectivity index (χ4v) is 2.94. The second-order valence-corrected chi connectivity index (χ2v) is 6.05. The Kier molecular flexibility index (Phi) is 6.32. The minimum atomic E-state index is -0.262. The second kappa shape index (κ2) is 8.47. The highest BCUT2D eigenvalue weighted by molar-refractivity contribution is 7.99. The minimum absolute atomic E-state index is 0.186. The lowest BCUT2D eigenvalue weighted by Crippen LogP contribution is -2.05. The summed E-state index contributed by atoms with van der Waals surface area (Å²) in [6, 6.07) is 16.6. The lowest BCUT2D eigenvalue weighted by atomic mass is 10.1. The van der Waals surface area contributed by atoms with E-state index in [0.29, 0.717) is 22.8 Å². The van der Waals surface area contributed by atoms with Gasteiger partial charge in [0.1, 0.15) is 6.61 Å². The molecule has 2 aromatic rings. The van der Waals surface area contributed by atoms with Crippen LogP contribution in [0.4, 0.5) is 0 Å². The van der Waals surface area contributed by atoms with Crippen LogP contribution < -0.4 is 0 Å². The number of halogens is 1. The molecule has 0 aliphatic carbocycles. The van der Waals surface area contributed by atoms with Crippen molar-refractivity contribution >= 4 is 29.3 Å². The van der Waals surface area contributed by atoms with Crippen LogP contribution in [0.15, 0.2) is 53.4 Å². The smallest absolute Gasteiger partial charge is 0.306 e. The number of hydrogen-bond acceptors (Lipinski definition) is 4. The van der Waals surface area contributed by atoms with E-state index in [0.717, 1.165) is 10.5 Å². The van der Waals surface area contributed by atoms with Crippen molar-refractivity contribution in [2.24, 2.45) is 0 Å². The Balaban J connectivity index is 1.74. The van der Waals surface area contributed by atoms with Crippen LogP contribution in [0.25, 0.3) is 0 Å². The van der Waals surface area contributed by atoms with Crippen LogP contribution in [0, 0.1) is 11.3 Å². The van der Waals surface area contributed by atoms with Crippen LogP contribution in [-0.2, 0) is 16.1 Å². The predicted molar refractivity (Wildman–Crippen MR) is 87.7 cm³/mol. The summed E-state index contributed by atoms with van der Waals surface area (Å²) < 4.78 is 5.20. The monoisotopic (exact) mass is 331 g/mol. The topological polar surface area (TPSA) is 50.1 Å². The van der Waals surface area contributed by atoms with Crippen LogP contribution in [0.5, 0.6) is 0 Å². The molecule has 0 aliphatic rings. The maximum atomic E-state index is 11.7. The van der Waals surface area contributed by atoms with Gasteiger partial charge in [0.2, 0.25) is 0 Å². The highest BCUT2D eigenvalue weighted by atomic mass is 35.5. The first-order valence-corrected chi connectivity index (χ1v) is 8.07. The Morgan fingerprint density at radius 3 is 2.82 bits per heavy atom. The van der Waals surface area contributed by atoms with Crippen LogP contribution in [-0.4, -0.2) is 11.7 Å². The molecule has 0 aromatic heterocycles. The van der Waals surface area contributed by atoms with Gasteiger partial charge in [0.15, 0.2) is 0 Å². The van der Waals surface area contributed by atoms with E-state index in [4.69, 9.17) is 21.6 Å². The van der Waals surface area contributed by atoms with Gasteiger partial charge in [-0.25, -0.2) is 0 Å². The zero-order valence-corrected chi connectivity index (χ0v) is 13.4. The van der Waals surface area contributed by atoms with E-state index in [-0.39, 0.29) is 12.6 Å². The van der Waals surface area contributed by atoms with E-state index < -0.39 is 0 Å². The van der Waals surface area contributed by atoms with Crippen molar-refractivity contribution < 1.29 is 9.53 Å². The summed E-state index contributed by atoms with van der Waals surface area (Å²) in [7, 11) is 0. The molecule has 0 fully saturated rings. The molecule has 3 nitrogen and oxygen atoms in total. The van der Waals surface area contributed by atoms with Gasteiger partial charge in [0, 0.05) is 10.6 Å². The molecule has 0 saturated heterocycles. The van der Waals surface area contributed by atoms with E-state index in [2.05, 4.69) is 6.07 Å². The summed E-state index contributed by atoms with van der Waals surface area (Å²) in [5.41, 5.74) is 1.37. The SMILES string of the molecule is N#Cc1cccc(COC(=O)CCSc2ccccc2Cl)c1. The van der Waals surface area contributed by atoms with Gasteiger partial charge in [-0.05, 0) is 29.8 Å².